The largest absolute Gasteiger partial charge is 0.383 e. The van der Waals surface area contributed by atoms with Gasteiger partial charge in [0.2, 0.25) is 5.91 Å². The van der Waals surface area contributed by atoms with Gasteiger partial charge in [-0.2, -0.15) is 0 Å². The van der Waals surface area contributed by atoms with Crippen LogP contribution in [0.15, 0.2) is 0 Å². The monoisotopic (exact) mass is 282 g/mol. The number of ether oxygens (including phenoxy) is 1. The number of methoxy groups -OCH3 is 1. The van der Waals surface area contributed by atoms with Gasteiger partial charge in [-0.1, -0.05) is 6.92 Å². The Hall–Kier alpha value is -0.610. The van der Waals surface area contributed by atoms with Crippen molar-refractivity contribution < 1.29 is 9.53 Å². The van der Waals surface area contributed by atoms with E-state index in [9.17, 15) is 4.79 Å². The molecule has 0 aromatic rings. The Morgan fingerprint density at radius 2 is 2.00 bits per heavy atom. The molecule has 1 heterocycles. The SMILES string of the molecule is COCCN(CC1CCCN1)C(=O)C1CCC(C)CC1. The zero-order valence-corrected chi connectivity index (χ0v) is 13.1. The van der Waals surface area contributed by atoms with E-state index in [0.717, 1.165) is 38.4 Å². The zero-order valence-electron chi connectivity index (χ0n) is 13.1. The highest BCUT2D eigenvalue weighted by Gasteiger charge is 2.29. The van der Waals surface area contributed by atoms with Gasteiger partial charge in [0.15, 0.2) is 0 Å². The highest BCUT2D eigenvalue weighted by Crippen LogP contribution is 2.29. The van der Waals surface area contributed by atoms with Crippen molar-refractivity contribution >= 4 is 5.91 Å². The molecule has 0 radical (unpaired) electrons. The smallest absolute Gasteiger partial charge is 0.225 e. The van der Waals surface area contributed by atoms with Crippen LogP contribution in [0.1, 0.15) is 45.4 Å². The predicted molar refractivity (Wildman–Crippen MR) is 80.6 cm³/mol. The molecule has 20 heavy (non-hydrogen) atoms. The van der Waals surface area contributed by atoms with Crippen molar-refractivity contribution in [2.75, 3.05) is 33.4 Å². The topological polar surface area (TPSA) is 41.6 Å². The van der Waals surface area contributed by atoms with Crippen molar-refractivity contribution in [3.05, 3.63) is 0 Å². The molecule has 116 valence electrons. The van der Waals surface area contributed by atoms with Crippen LogP contribution in [0.25, 0.3) is 0 Å². The quantitative estimate of drug-likeness (QED) is 0.810. The number of carbonyl (C=O) groups is 1. The van der Waals surface area contributed by atoms with E-state index >= 15 is 0 Å². The van der Waals surface area contributed by atoms with Crippen LogP contribution in [0.5, 0.6) is 0 Å². The molecular formula is C16H30N2O2. The molecule has 1 atom stereocenters. The number of rotatable bonds is 6. The van der Waals surface area contributed by atoms with E-state index in [1.165, 1.54) is 25.7 Å². The molecule has 2 rings (SSSR count). The second-order valence-electron chi connectivity index (χ2n) is 6.53. The van der Waals surface area contributed by atoms with Crippen LogP contribution in [0.2, 0.25) is 0 Å². The lowest BCUT2D eigenvalue weighted by atomic mass is 9.82. The Labute approximate surface area is 123 Å². The number of nitrogens with zero attached hydrogens (tertiary/aromatic N) is 1. The van der Waals surface area contributed by atoms with Gasteiger partial charge in [-0.3, -0.25) is 4.79 Å². The van der Waals surface area contributed by atoms with Gasteiger partial charge in [-0.05, 0) is 51.0 Å². The molecule has 0 aromatic carbocycles. The first-order valence-corrected chi connectivity index (χ1v) is 8.21. The summed E-state index contributed by atoms with van der Waals surface area (Å²) in [4.78, 5) is 14.8. The maximum atomic E-state index is 12.7. The summed E-state index contributed by atoms with van der Waals surface area (Å²) in [7, 11) is 1.71. The minimum absolute atomic E-state index is 0.254. The highest BCUT2D eigenvalue weighted by molar-refractivity contribution is 5.79. The molecule has 4 heteroatoms. The Morgan fingerprint density at radius 3 is 2.60 bits per heavy atom. The lowest BCUT2D eigenvalue weighted by molar-refractivity contribution is -0.137. The van der Waals surface area contributed by atoms with Crippen molar-refractivity contribution in [2.24, 2.45) is 11.8 Å². The standard InChI is InChI=1S/C16H30N2O2/c1-13-5-7-14(8-6-13)16(19)18(10-11-20-2)12-15-4-3-9-17-15/h13-15,17H,3-12H2,1-2H3. The third-order valence-corrected chi connectivity index (χ3v) is 4.85. The van der Waals surface area contributed by atoms with Crippen LogP contribution in [0.4, 0.5) is 0 Å². The lowest BCUT2D eigenvalue weighted by Gasteiger charge is -2.32. The maximum Gasteiger partial charge on any atom is 0.225 e. The first-order valence-electron chi connectivity index (χ1n) is 8.21. The molecule has 2 aliphatic rings. The third-order valence-electron chi connectivity index (χ3n) is 4.85. The summed E-state index contributed by atoms with van der Waals surface area (Å²) in [6.45, 7) is 5.62. The second-order valence-corrected chi connectivity index (χ2v) is 6.53. The summed E-state index contributed by atoms with van der Waals surface area (Å²) in [5.41, 5.74) is 0. The summed E-state index contributed by atoms with van der Waals surface area (Å²) in [6.07, 6.45) is 6.98. The average molecular weight is 282 g/mol. The van der Waals surface area contributed by atoms with Gasteiger partial charge >= 0.3 is 0 Å². The van der Waals surface area contributed by atoms with Crippen molar-refractivity contribution in [2.45, 2.75) is 51.5 Å². The average Bonchev–Trinajstić information content (AvgIpc) is 2.96. The Morgan fingerprint density at radius 1 is 1.25 bits per heavy atom. The van der Waals surface area contributed by atoms with Crippen LogP contribution >= 0.6 is 0 Å². The second kappa shape index (κ2) is 7.99. The van der Waals surface area contributed by atoms with Crippen LogP contribution in [-0.2, 0) is 9.53 Å². The van der Waals surface area contributed by atoms with Crippen molar-refractivity contribution in [1.82, 2.24) is 10.2 Å². The Bertz CT molecular complexity index is 295. The first-order chi connectivity index (χ1) is 9.70. The molecule has 1 amide bonds. The van der Waals surface area contributed by atoms with E-state index in [-0.39, 0.29) is 5.92 Å². The molecule has 1 saturated carbocycles. The van der Waals surface area contributed by atoms with Crippen molar-refractivity contribution in [3.8, 4) is 0 Å². The van der Waals surface area contributed by atoms with Crippen LogP contribution in [0.3, 0.4) is 0 Å². The van der Waals surface area contributed by atoms with E-state index in [2.05, 4.69) is 12.2 Å². The minimum Gasteiger partial charge on any atom is -0.383 e. The Kier molecular flexibility index (Phi) is 6.30. The van der Waals surface area contributed by atoms with Gasteiger partial charge in [0.1, 0.15) is 0 Å². The van der Waals surface area contributed by atoms with Gasteiger partial charge in [-0.15, -0.1) is 0 Å². The van der Waals surface area contributed by atoms with E-state index < -0.39 is 0 Å². The molecule has 0 spiro atoms. The number of amides is 1. The summed E-state index contributed by atoms with van der Waals surface area (Å²) < 4.78 is 5.18. The molecular weight excluding hydrogens is 252 g/mol. The summed E-state index contributed by atoms with van der Waals surface area (Å²) >= 11 is 0. The maximum absolute atomic E-state index is 12.7. The molecule has 1 aliphatic heterocycles. The van der Waals surface area contributed by atoms with Gasteiger partial charge in [0.25, 0.3) is 0 Å². The summed E-state index contributed by atoms with van der Waals surface area (Å²) in [5.74, 6) is 1.41. The van der Waals surface area contributed by atoms with E-state index in [4.69, 9.17) is 4.74 Å². The van der Waals surface area contributed by atoms with E-state index in [1.54, 1.807) is 7.11 Å². The number of nitrogens with one attached hydrogen (secondary N) is 1. The van der Waals surface area contributed by atoms with Gasteiger partial charge in [-0.25, -0.2) is 0 Å². The molecule has 4 nitrogen and oxygen atoms in total. The molecule has 1 unspecified atom stereocenters. The third kappa shape index (κ3) is 4.45. The minimum atomic E-state index is 0.254. The highest BCUT2D eigenvalue weighted by atomic mass is 16.5. The molecule has 1 N–H and O–H groups in total. The first kappa shape index (κ1) is 15.8. The lowest BCUT2D eigenvalue weighted by Crippen LogP contribution is -2.45. The predicted octanol–water partition coefficient (Wildman–Crippen LogP) is 2.04. The number of carbonyl (C=O) groups excluding carboxylic acids is 1. The Balaban J connectivity index is 1.88. The van der Waals surface area contributed by atoms with Gasteiger partial charge in [0, 0.05) is 32.2 Å². The molecule has 2 fully saturated rings. The zero-order chi connectivity index (χ0) is 14.4. The van der Waals surface area contributed by atoms with Crippen LogP contribution < -0.4 is 5.32 Å². The van der Waals surface area contributed by atoms with Crippen molar-refractivity contribution in [3.63, 3.8) is 0 Å². The molecule has 0 aromatic heterocycles. The number of hydrogen-bond donors (Lipinski definition) is 1. The number of hydrogen-bond acceptors (Lipinski definition) is 3. The van der Waals surface area contributed by atoms with E-state index in [1.807, 2.05) is 4.90 Å². The normalized spacial score (nSPS) is 30.4. The summed E-state index contributed by atoms with van der Waals surface area (Å²) in [6, 6.07) is 0.485. The van der Waals surface area contributed by atoms with Gasteiger partial charge < -0.3 is 15.0 Å². The molecule has 1 saturated heterocycles. The fourth-order valence-electron chi connectivity index (χ4n) is 3.44. The van der Waals surface area contributed by atoms with Crippen LogP contribution in [0, 0.1) is 11.8 Å². The van der Waals surface area contributed by atoms with Crippen molar-refractivity contribution in [1.29, 1.82) is 0 Å². The van der Waals surface area contributed by atoms with E-state index in [0.29, 0.717) is 18.6 Å². The fraction of sp³-hybridized carbons (Fsp3) is 0.938. The molecule has 0 bridgehead atoms. The van der Waals surface area contributed by atoms with Crippen LogP contribution in [-0.4, -0.2) is 50.2 Å². The summed E-state index contributed by atoms with van der Waals surface area (Å²) in [5, 5.41) is 3.49. The fourth-order valence-corrected chi connectivity index (χ4v) is 3.44. The van der Waals surface area contributed by atoms with Gasteiger partial charge in [0.05, 0.1) is 6.61 Å². The molecule has 1 aliphatic carbocycles.